The number of hydrogen-bond acceptors (Lipinski definition) is 6. The van der Waals surface area contributed by atoms with E-state index in [4.69, 9.17) is 4.98 Å². The van der Waals surface area contributed by atoms with E-state index < -0.39 is 11.6 Å². The number of nitrogens with zero attached hydrogens (tertiary/aromatic N) is 7. The van der Waals surface area contributed by atoms with E-state index in [1.54, 1.807) is 6.07 Å². The van der Waals surface area contributed by atoms with E-state index in [1.165, 1.54) is 6.07 Å². The molecule has 1 aliphatic heterocycles. The van der Waals surface area contributed by atoms with Crippen LogP contribution in [0.1, 0.15) is 44.6 Å². The van der Waals surface area contributed by atoms with Gasteiger partial charge in [0.05, 0.1) is 22.7 Å². The Balaban J connectivity index is 1.31. The number of aryl methyl sites for hydroxylation is 1. The summed E-state index contributed by atoms with van der Waals surface area (Å²) in [7, 11) is 2.16. The van der Waals surface area contributed by atoms with Gasteiger partial charge in [-0.15, -0.1) is 0 Å². The Morgan fingerprint density at radius 3 is 2.53 bits per heavy atom. The SMILES string of the molecule is Cc1nc2c(F)cc(-c3nc(Nc4ccc5c(ccn5C5CCN(C)CC5)n4)ncc3F)cc2n1C(C)C. The second kappa shape index (κ2) is 9.43. The molecule has 8 nitrogen and oxygen atoms in total. The maximum absolute atomic E-state index is 15.0. The predicted octanol–water partition coefficient (Wildman–Crippen LogP) is 6.02. The van der Waals surface area contributed by atoms with E-state index in [0.29, 0.717) is 28.8 Å². The number of benzene rings is 1. The Morgan fingerprint density at radius 1 is 0.974 bits per heavy atom. The van der Waals surface area contributed by atoms with Crippen molar-refractivity contribution in [2.24, 2.45) is 0 Å². The average Bonchev–Trinajstić information content (AvgIpc) is 3.46. The van der Waals surface area contributed by atoms with E-state index in [-0.39, 0.29) is 23.2 Å². The molecule has 0 unspecified atom stereocenters. The minimum Gasteiger partial charge on any atom is -0.343 e. The summed E-state index contributed by atoms with van der Waals surface area (Å²) in [6.45, 7) is 7.99. The molecule has 1 N–H and O–H groups in total. The van der Waals surface area contributed by atoms with Gasteiger partial charge in [-0.1, -0.05) is 0 Å². The molecule has 6 rings (SSSR count). The predicted molar refractivity (Wildman–Crippen MR) is 145 cm³/mol. The minimum absolute atomic E-state index is 0.00644. The van der Waals surface area contributed by atoms with Crippen molar-refractivity contribution < 1.29 is 8.78 Å². The molecular formula is C28H30F2N8. The molecule has 1 aliphatic rings. The van der Waals surface area contributed by atoms with Gasteiger partial charge in [-0.25, -0.2) is 28.7 Å². The van der Waals surface area contributed by atoms with E-state index in [2.05, 4.69) is 43.0 Å². The molecule has 10 heteroatoms. The summed E-state index contributed by atoms with van der Waals surface area (Å²) in [4.78, 5) is 19.9. The molecule has 1 fully saturated rings. The smallest absolute Gasteiger partial charge is 0.229 e. The van der Waals surface area contributed by atoms with Crippen LogP contribution < -0.4 is 5.32 Å². The molecule has 5 aromatic rings. The van der Waals surface area contributed by atoms with Gasteiger partial charge in [-0.05, 0) is 84.1 Å². The lowest BCUT2D eigenvalue weighted by Gasteiger charge is -2.30. The Morgan fingerprint density at radius 2 is 1.76 bits per heavy atom. The highest BCUT2D eigenvalue weighted by molar-refractivity contribution is 5.83. The first kappa shape index (κ1) is 24.4. The minimum atomic E-state index is -0.639. The van der Waals surface area contributed by atoms with Gasteiger partial charge in [0.2, 0.25) is 5.95 Å². The highest BCUT2D eigenvalue weighted by Gasteiger charge is 2.21. The zero-order chi connectivity index (χ0) is 26.6. The molecule has 0 radical (unpaired) electrons. The Hall–Kier alpha value is -3.92. The highest BCUT2D eigenvalue weighted by atomic mass is 19.1. The third kappa shape index (κ3) is 4.28. The third-order valence-corrected chi connectivity index (χ3v) is 7.35. The summed E-state index contributed by atoms with van der Waals surface area (Å²) in [6.07, 6.45) is 5.40. The van der Waals surface area contributed by atoms with Crippen molar-refractivity contribution in [1.29, 1.82) is 0 Å². The fourth-order valence-electron chi connectivity index (χ4n) is 5.50. The molecule has 1 saturated heterocycles. The lowest BCUT2D eigenvalue weighted by Crippen LogP contribution is -2.31. The standard InChI is InChI=1S/C28H30F2N8/c1-16(2)38-17(3)32-27-20(29)13-18(14-24(27)38)26-21(30)15-31-28(35-26)34-25-6-5-23-22(33-25)9-12-37(23)19-7-10-36(4)11-8-19/h5-6,9,12-16,19H,7-8,10-11H2,1-4H3,(H,31,33,34,35). The molecular weight excluding hydrogens is 486 g/mol. The van der Waals surface area contributed by atoms with Crippen molar-refractivity contribution in [1.82, 2.24) is 34.0 Å². The van der Waals surface area contributed by atoms with Crippen LogP contribution in [-0.4, -0.2) is 54.1 Å². The van der Waals surface area contributed by atoms with Gasteiger partial charge in [0, 0.05) is 23.8 Å². The number of pyridine rings is 1. The van der Waals surface area contributed by atoms with Crippen molar-refractivity contribution in [2.75, 3.05) is 25.5 Å². The van der Waals surface area contributed by atoms with Crippen LogP contribution in [0.2, 0.25) is 0 Å². The van der Waals surface area contributed by atoms with Crippen molar-refractivity contribution in [3.8, 4) is 11.3 Å². The largest absolute Gasteiger partial charge is 0.343 e. The summed E-state index contributed by atoms with van der Waals surface area (Å²) < 4.78 is 34.1. The van der Waals surface area contributed by atoms with E-state index >= 15 is 4.39 Å². The number of imidazole rings is 1. The van der Waals surface area contributed by atoms with Gasteiger partial charge in [-0.2, -0.15) is 0 Å². The van der Waals surface area contributed by atoms with Crippen LogP contribution in [0.25, 0.3) is 33.3 Å². The summed E-state index contributed by atoms with van der Waals surface area (Å²) >= 11 is 0. The fraction of sp³-hybridized carbons (Fsp3) is 0.357. The number of likely N-dealkylation sites (tertiary alicyclic amines) is 1. The van der Waals surface area contributed by atoms with E-state index in [9.17, 15) is 4.39 Å². The first-order valence-corrected chi connectivity index (χ1v) is 12.9. The van der Waals surface area contributed by atoms with Gasteiger partial charge in [0.1, 0.15) is 22.9 Å². The van der Waals surface area contributed by atoms with Gasteiger partial charge >= 0.3 is 0 Å². The normalized spacial score (nSPS) is 15.2. The quantitative estimate of drug-likeness (QED) is 0.308. The molecule has 0 bridgehead atoms. The van der Waals surface area contributed by atoms with Crippen molar-refractivity contribution >= 4 is 33.8 Å². The van der Waals surface area contributed by atoms with Crippen molar-refractivity contribution in [3.05, 3.63) is 60.2 Å². The highest BCUT2D eigenvalue weighted by Crippen LogP contribution is 2.31. The molecule has 0 atom stereocenters. The number of rotatable bonds is 5. The first-order chi connectivity index (χ1) is 18.3. The first-order valence-electron chi connectivity index (χ1n) is 12.9. The van der Waals surface area contributed by atoms with Crippen molar-refractivity contribution in [3.63, 3.8) is 0 Å². The summed E-state index contributed by atoms with van der Waals surface area (Å²) in [5, 5.41) is 3.09. The second-order valence-electron chi connectivity index (χ2n) is 10.3. The third-order valence-electron chi connectivity index (χ3n) is 7.35. The van der Waals surface area contributed by atoms with Crippen LogP contribution >= 0.6 is 0 Å². The average molecular weight is 517 g/mol. The Labute approximate surface area is 219 Å². The van der Waals surface area contributed by atoms with Crippen LogP contribution in [0, 0.1) is 18.6 Å². The van der Waals surface area contributed by atoms with Crippen LogP contribution in [0.5, 0.6) is 0 Å². The van der Waals surface area contributed by atoms with Crippen LogP contribution in [0.4, 0.5) is 20.5 Å². The Bertz CT molecular complexity index is 1650. The molecule has 1 aromatic carbocycles. The summed E-state index contributed by atoms with van der Waals surface area (Å²) in [5.41, 5.74) is 3.12. The monoisotopic (exact) mass is 516 g/mol. The lowest BCUT2D eigenvalue weighted by molar-refractivity contribution is 0.224. The van der Waals surface area contributed by atoms with Crippen LogP contribution in [0.15, 0.2) is 42.7 Å². The maximum Gasteiger partial charge on any atom is 0.229 e. The van der Waals surface area contributed by atoms with Crippen LogP contribution in [-0.2, 0) is 0 Å². The zero-order valence-electron chi connectivity index (χ0n) is 21.9. The zero-order valence-corrected chi connectivity index (χ0v) is 21.9. The van der Waals surface area contributed by atoms with Gasteiger partial charge in [-0.3, -0.25) is 0 Å². The number of nitrogens with one attached hydrogen (secondary N) is 1. The number of fused-ring (bicyclic) bond motifs is 2. The van der Waals surface area contributed by atoms with E-state index in [0.717, 1.165) is 43.2 Å². The number of piperidine rings is 1. The van der Waals surface area contributed by atoms with Gasteiger partial charge in [0.15, 0.2) is 11.6 Å². The molecule has 0 aliphatic carbocycles. The second-order valence-corrected chi connectivity index (χ2v) is 10.3. The van der Waals surface area contributed by atoms with Gasteiger partial charge < -0.3 is 19.4 Å². The molecule has 5 heterocycles. The summed E-state index contributed by atoms with van der Waals surface area (Å²) in [6, 6.07) is 9.43. The van der Waals surface area contributed by atoms with Crippen molar-refractivity contribution in [2.45, 2.75) is 45.7 Å². The summed E-state index contributed by atoms with van der Waals surface area (Å²) in [5.74, 6) is 0.264. The molecule has 38 heavy (non-hydrogen) atoms. The molecule has 0 amide bonds. The number of anilines is 2. The lowest BCUT2D eigenvalue weighted by atomic mass is 10.1. The van der Waals surface area contributed by atoms with Crippen LogP contribution in [0.3, 0.4) is 0 Å². The molecule has 0 saturated carbocycles. The topological polar surface area (TPSA) is 76.7 Å². The van der Waals surface area contributed by atoms with Gasteiger partial charge in [0.25, 0.3) is 0 Å². The van der Waals surface area contributed by atoms with E-state index in [1.807, 2.05) is 43.5 Å². The number of halogens is 2. The molecule has 0 spiro atoms. The number of hydrogen-bond donors (Lipinski definition) is 1. The maximum atomic E-state index is 15.0. The molecule has 4 aromatic heterocycles. The Kier molecular flexibility index (Phi) is 6.06. The number of aromatic nitrogens is 6. The fourth-order valence-corrected chi connectivity index (χ4v) is 5.50. The molecule has 196 valence electrons.